The lowest BCUT2D eigenvalue weighted by Gasteiger charge is -2.22. The summed E-state index contributed by atoms with van der Waals surface area (Å²) in [6.07, 6.45) is 0. The molecule has 0 spiro atoms. The van der Waals surface area contributed by atoms with E-state index in [4.69, 9.17) is 16.3 Å². The molecule has 28 heavy (non-hydrogen) atoms. The molecule has 2 amide bonds. The predicted octanol–water partition coefficient (Wildman–Crippen LogP) is 1.40. The Bertz CT molecular complexity index is 789. The number of amides is 2. The second-order valence-corrected chi connectivity index (χ2v) is 8.36. The molecule has 0 aliphatic rings. The number of hydrogen-bond acceptors (Lipinski definition) is 5. The van der Waals surface area contributed by atoms with Crippen LogP contribution in [0.25, 0.3) is 0 Å². The molecular weight excluding hydrogens is 400 g/mol. The molecule has 7 nitrogen and oxygen atoms in total. The molecule has 0 saturated heterocycles. The van der Waals surface area contributed by atoms with Crippen LogP contribution in [-0.4, -0.2) is 62.0 Å². The molecule has 0 fully saturated rings. The Morgan fingerprint density at radius 1 is 1.25 bits per heavy atom. The van der Waals surface area contributed by atoms with Gasteiger partial charge in [-0.25, -0.2) is 4.98 Å². The van der Waals surface area contributed by atoms with E-state index in [-0.39, 0.29) is 25.0 Å². The fourth-order valence-corrected chi connectivity index (χ4v) is 3.23. The van der Waals surface area contributed by atoms with E-state index in [9.17, 15) is 9.59 Å². The van der Waals surface area contributed by atoms with Gasteiger partial charge in [-0.2, -0.15) is 0 Å². The van der Waals surface area contributed by atoms with Crippen molar-refractivity contribution >= 4 is 39.9 Å². The number of nitrogens with one attached hydrogen (secondary N) is 2. The molecule has 2 aromatic rings. The van der Waals surface area contributed by atoms with Crippen molar-refractivity contribution in [2.24, 2.45) is 0 Å². The number of nitrogens with zero attached hydrogens (tertiary/aromatic N) is 2. The van der Waals surface area contributed by atoms with E-state index in [1.54, 1.807) is 24.3 Å². The van der Waals surface area contributed by atoms with E-state index in [1.165, 1.54) is 21.1 Å². The van der Waals surface area contributed by atoms with Crippen molar-refractivity contribution in [3.63, 3.8) is 0 Å². The largest absolute Gasteiger partial charge is 0.484 e. The summed E-state index contributed by atoms with van der Waals surface area (Å²) in [5.41, 5.74) is 0.890. The summed E-state index contributed by atoms with van der Waals surface area (Å²) >= 11 is 7.27. The Hall–Kier alpha value is -2.16. The van der Waals surface area contributed by atoms with Gasteiger partial charge in [-0.1, -0.05) is 11.6 Å². The molecule has 0 unspecified atom stereocenters. The Labute approximate surface area is 174 Å². The van der Waals surface area contributed by atoms with Crippen molar-refractivity contribution in [1.29, 1.82) is 0 Å². The van der Waals surface area contributed by atoms with Crippen molar-refractivity contribution in [2.75, 3.05) is 45.7 Å². The van der Waals surface area contributed by atoms with Crippen molar-refractivity contribution in [3.05, 3.63) is 39.9 Å². The summed E-state index contributed by atoms with van der Waals surface area (Å²) in [4.78, 5) is 33.1. The predicted molar refractivity (Wildman–Crippen MR) is 111 cm³/mol. The summed E-state index contributed by atoms with van der Waals surface area (Å²) in [5, 5.41) is 3.91. The maximum absolute atomic E-state index is 12.6. The Morgan fingerprint density at radius 3 is 2.50 bits per heavy atom. The van der Waals surface area contributed by atoms with Crippen LogP contribution in [-0.2, 0) is 9.59 Å². The monoisotopic (exact) mass is 425 g/mol. The number of anilines is 1. The zero-order chi connectivity index (χ0) is 20.7. The van der Waals surface area contributed by atoms with E-state index in [0.29, 0.717) is 22.4 Å². The minimum Gasteiger partial charge on any atom is -0.484 e. The number of aryl methyl sites for hydroxylation is 2. The number of likely N-dealkylation sites (N-methyl/N-ethyl adjacent to an activating group) is 1. The van der Waals surface area contributed by atoms with Gasteiger partial charge in [0.05, 0.1) is 32.9 Å². The van der Waals surface area contributed by atoms with Crippen LogP contribution < -0.4 is 15.0 Å². The van der Waals surface area contributed by atoms with E-state index in [2.05, 4.69) is 10.3 Å². The standard InChI is InChI=1S/C19H25ClN4O3S/c1-13-14(2)28-19(21-13)22-17(25)11-24(10-9-23(3)4)18(26)12-27-16-7-5-15(20)6-8-16/h5-8H,9-12H2,1-4H3,(H,21,22,25)/p+1. The van der Waals surface area contributed by atoms with Crippen LogP contribution in [0.5, 0.6) is 5.75 Å². The van der Waals surface area contributed by atoms with E-state index >= 15 is 0 Å². The highest BCUT2D eigenvalue weighted by Gasteiger charge is 2.20. The second kappa shape index (κ2) is 10.4. The average Bonchev–Trinajstić information content (AvgIpc) is 2.94. The first kappa shape index (κ1) is 22.1. The third kappa shape index (κ3) is 7.10. The van der Waals surface area contributed by atoms with Gasteiger partial charge in [0, 0.05) is 9.90 Å². The van der Waals surface area contributed by atoms with E-state index in [1.807, 2.05) is 27.9 Å². The summed E-state index contributed by atoms with van der Waals surface area (Å²) < 4.78 is 5.53. The average molecular weight is 426 g/mol. The first-order valence-electron chi connectivity index (χ1n) is 8.93. The lowest BCUT2D eigenvalue weighted by Crippen LogP contribution is -3.06. The third-order valence-electron chi connectivity index (χ3n) is 4.02. The van der Waals surface area contributed by atoms with E-state index in [0.717, 1.165) is 17.1 Å². The number of halogens is 1. The number of carbonyl (C=O) groups is 2. The number of thiazole rings is 1. The molecule has 0 aliphatic heterocycles. The number of quaternary nitrogens is 1. The first-order valence-corrected chi connectivity index (χ1v) is 10.1. The normalized spacial score (nSPS) is 10.8. The van der Waals surface area contributed by atoms with Crippen molar-refractivity contribution in [1.82, 2.24) is 9.88 Å². The van der Waals surface area contributed by atoms with Gasteiger partial charge in [-0.3, -0.25) is 9.59 Å². The molecule has 0 bridgehead atoms. The van der Waals surface area contributed by atoms with Crippen LogP contribution >= 0.6 is 22.9 Å². The lowest BCUT2D eigenvalue weighted by atomic mass is 10.3. The number of aromatic nitrogens is 1. The molecule has 152 valence electrons. The highest BCUT2D eigenvalue weighted by Crippen LogP contribution is 2.21. The Kier molecular flexibility index (Phi) is 8.22. The molecule has 0 radical (unpaired) electrons. The molecule has 2 N–H and O–H groups in total. The number of benzene rings is 1. The molecule has 0 atom stereocenters. The Balaban J connectivity index is 1.95. The van der Waals surface area contributed by atoms with Crippen molar-refractivity contribution < 1.29 is 19.2 Å². The number of hydrogen-bond donors (Lipinski definition) is 2. The molecule has 0 saturated carbocycles. The van der Waals surface area contributed by atoms with Gasteiger partial charge in [0.25, 0.3) is 5.91 Å². The van der Waals surface area contributed by atoms with Gasteiger partial charge in [-0.15, -0.1) is 11.3 Å². The van der Waals surface area contributed by atoms with Crippen molar-refractivity contribution in [3.8, 4) is 5.75 Å². The topological polar surface area (TPSA) is 76.0 Å². The maximum Gasteiger partial charge on any atom is 0.261 e. The fourth-order valence-electron chi connectivity index (χ4n) is 2.28. The summed E-state index contributed by atoms with van der Waals surface area (Å²) in [6, 6.07) is 6.79. The van der Waals surface area contributed by atoms with Gasteiger partial charge < -0.3 is 19.9 Å². The zero-order valence-corrected chi connectivity index (χ0v) is 18.1. The van der Waals surface area contributed by atoms with Crippen LogP contribution in [0.15, 0.2) is 24.3 Å². The van der Waals surface area contributed by atoms with Gasteiger partial charge in [0.1, 0.15) is 12.3 Å². The smallest absolute Gasteiger partial charge is 0.261 e. The lowest BCUT2D eigenvalue weighted by molar-refractivity contribution is -0.857. The molecule has 9 heteroatoms. The minimum atomic E-state index is -0.276. The van der Waals surface area contributed by atoms with Gasteiger partial charge >= 0.3 is 0 Å². The minimum absolute atomic E-state index is 0.0479. The summed E-state index contributed by atoms with van der Waals surface area (Å²) in [6.45, 7) is 4.82. The number of rotatable bonds is 9. The third-order valence-corrected chi connectivity index (χ3v) is 5.26. The SMILES string of the molecule is Cc1nc(NC(=O)CN(CC[NH+](C)C)C(=O)COc2ccc(Cl)cc2)sc1C. The highest BCUT2D eigenvalue weighted by molar-refractivity contribution is 7.15. The number of carbonyl (C=O) groups excluding carboxylic acids is 2. The van der Waals surface area contributed by atoms with Gasteiger partial charge in [0.2, 0.25) is 5.91 Å². The van der Waals surface area contributed by atoms with Crippen LogP contribution in [0.4, 0.5) is 5.13 Å². The molecule has 1 aromatic heterocycles. The van der Waals surface area contributed by atoms with Crippen LogP contribution in [0, 0.1) is 13.8 Å². The van der Waals surface area contributed by atoms with Gasteiger partial charge in [0.15, 0.2) is 11.7 Å². The zero-order valence-electron chi connectivity index (χ0n) is 16.5. The second-order valence-electron chi connectivity index (χ2n) is 6.72. The molecule has 0 aliphatic carbocycles. The summed E-state index contributed by atoms with van der Waals surface area (Å²) in [5.74, 6) is 0.0225. The van der Waals surface area contributed by atoms with E-state index < -0.39 is 0 Å². The molecule has 1 aromatic carbocycles. The highest BCUT2D eigenvalue weighted by atomic mass is 35.5. The summed E-state index contributed by atoms with van der Waals surface area (Å²) in [7, 11) is 3.99. The first-order chi connectivity index (χ1) is 13.2. The molecule has 1 heterocycles. The maximum atomic E-state index is 12.6. The van der Waals surface area contributed by atoms with Crippen LogP contribution in [0.3, 0.4) is 0 Å². The van der Waals surface area contributed by atoms with Crippen LogP contribution in [0.1, 0.15) is 10.6 Å². The molecule has 2 rings (SSSR count). The number of ether oxygens (including phenoxy) is 1. The quantitative estimate of drug-likeness (QED) is 0.636. The van der Waals surface area contributed by atoms with Gasteiger partial charge in [-0.05, 0) is 38.1 Å². The Morgan fingerprint density at radius 2 is 1.93 bits per heavy atom. The fraction of sp³-hybridized carbons (Fsp3) is 0.421. The molecular formula is C19H26ClN4O3S+. The van der Waals surface area contributed by atoms with Crippen LogP contribution in [0.2, 0.25) is 5.02 Å². The van der Waals surface area contributed by atoms with Crippen molar-refractivity contribution in [2.45, 2.75) is 13.8 Å².